The van der Waals surface area contributed by atoms with Crippen LogP contribution < -0.4 is 0 Å². The molecule has 1 aromatic rings. The first-order valence-electron chi connectivity index (χ1n) is 5.42. The molecule has 0 heterocycles. The molecule has 6 heteroatoms. The third-order valence-corrected chi connectivity index (χ3v) is 2.30. The summed E-state index contributed by atoms with van der Waals surface area (Å²) >= 11 is 0. The van der Waals surface area contributed by atoms with Gasteiger partial charge in [-0.3, -0.25) is 10.1 Å². The number of nitro benzene ring substituents is 1. The van der Waals surface area contributed by atoms with Crippen LogP contribution in [0.5, 0.6) is 0 Å². The largest absolute Gasteiger partial charge is 0.462 e. The van der Waals surface area contributed by atoms with Crippen molar-refractivity contribution in [1.29, 1.82) is 5.26 Å². The number of hydrogen-bond acceptors (Lipinski definition) is 5. The fraction of sp³-hybridized carbons (Fsp3) is 0.333. The minimum absolute atomic E-state index is 0.0720. The summed E-state index contributed by atoms with van der Waals surface area (Å²) in [6, 6.07) is 6.36. The van der Waals surface area contributed by atoms with Gasteiger partial charge in [0, 0.05) is 12.0 Å². The van der Waals surface area contributed by atoms with Crippen molar-refractivity contribution in [2.45, 2.75) is 19.8 Å². The summed E-state index contributed by atoms with van der Waals surface area (Å²) in [5, 5.41) is 19.5. The molecule has 0 fully saturated rings. The van der Waals surface area contributed by atoms with E-state index in [1.54, 1.807) is 13.0 Å². The summed E-state index contributed by atoms with van der Waals surface area (Å²) < 4.78 is 4.77. The van der Waals surface area contributed by atoms with Crippen molar-refractivity contribution in [1.82, 2.24) is 0 Å². The van der Waals surface area contributed by atoms with Gasteiger partial charge < -0.3 is 4.74 Å². The minimum Gasteiger partial charge on any atom is -0.462 e. The number of nitrogens with zero attached hydrogens (tertiary/aromatic N) is 2. The number of ether oxygens (including phenoxy) is 1. The van der Waals surface area contributed by atoms with Gasteiger partial charge in [-0.15, -0.1) is 0 Å². The predicted molar refractivity (Wildman–Crippen MR) is 63.0 cm³/mol. The third kappa shape index (κ3) is 3.04. The number of hydrogen-bond donors (Lipinski definition) is 0. The zero-order chi connectivity index (χ0) is 13.5. The fourth-order valence-electron chi connectivity index (χ4n) is 1.57. The zero-order valence-corrected chi connectivity index (χ0v) is 9.88. The van der Waals surface area contributed by atoms with E-state index in [0.717, 1.165) is 0 Å². The van der Waals surface area contributed by atoms with Crippen molar-refractivity contribution < 1.29 is 14.5 Å². The molecule has 1 rings (SSSR count). The number of carbonyl (C=O) groups is 1. The van der Waals surface area contributed by atoms with Crippen molar-refractivity contribution in [2.75, 3.05) is 6.61 Å². The van der Waals surface area contributed by atoms with Crippen LogP contribution in [-0.2, 0) is 11.2 Å². The van der Waals surface area contributed by atoms with E-state index in [0.29, 0.717) is 5.56 Å². The van der Waals surface area contributed by atoms with Gasteiger partial charge in [0.1, 0.15) is 5.56 Å². The average Bonchev–Trinajstić information content (AvgIpc) is 2.35. The first-order valence-corrected chi connectivity index (χ1v) is 5.42. The van der Waals surface area contributed by atoms with Crippen LogP contribution in [0.15, 0.2) is 18.2 Å². The molecule has 0 bridgehead atoms. The number of carbonyl (C=O) groups excluding carboxylic acids is 1. The second kappa shape index (κ2) is 6.35. The van der Waals surface area contributed by atoms with Crippen molar-refractivity contribution in [3.8, 4) is 6.07 Å². The Morgan fingerprint density at radius 2 is 2.28 bits per heavy atom. The third-order valence-electron chi connectivity index (χ3n) is 2.30. The molecular weight excluding hydrogens is 236 g/mol. The zero-order valence-electron chi connectivity index (χ0n) is 9.88. The normalized spacial score (nSPS) is 9.56. The van der Waals surface area contributed by atoms with E-state index >= 15 is 0 Å². The molecule has 1 aromatic carbocycles. The van der Waals surface area contributed by atoms with E-state index in [1.807, 2.05) is 6.07 Å². The summed E-state index contributed by atoms with van der Waals surface area (Å²) in [4.78, 5) is 22.0. The van der Waals surface area contributed by atoms with Crippen LogP contribution in [-0.4, -0.2) is 17.5 Å². The molecule has 0 radical (unpaired) electrons. The maximum absolute atomic E-state index is 11.6. The standard InChI is InChI=1S/C12H12N2O4/c1-2-18-12(15)10-7-3-5-9(6-4-8-13)11(10)14(16)17/h3,5,7H,2,4,6H2,1H3. The van der Waals surface area contributed by atoms with Crippen molar-refractivity contribution in [3.05, 3.63) is 39.4 Å². The van der Waals surface area contributed by atoms with Crippen LogP contribution in [0.25, 0.3) is 0 Å². The molecule has 0 aromatic heterocycles. The van der Waals surface area contributed by atoms with Crippen LogP contribution >= 0.6 is 0 Å². The molecular formula is C12H12N2O4. The molecule has 0 spiro atoms. The first-order chi connectivity index (χ1) is 8.61. The number of esters is 1. The molecule has 0 aliphatic rings. The van der Waals surface area contributed by atoms with Crippen molar-refractivity contribution in [3.63, 3.8) is 0 Å². The summed E-state index contributed by atoms with van der Waals surface area (Å²) in [5.41, 5.74) is 0.0237. The molecule has 0 aliphatic carbocycles. The summed E-state index contributed by atoms with van der Waals surface area (Å²) in [5.74, 6) is -0.719. The lowest BCUT2D eigenvalue weighted by atomic mass is 10.0. The van der Waals surface area contributed by atoms with Gasteiger partial charge in [-0.1, -0.05) is 12.1 Å². The SMILES string of the molecule is CCOC(=O)c1cccc(CCC#N)c1[N+](=O)[O-]. The minimum atomic E-state index is -0.719. The van der Waals surface area contributed by atoms with E-state index in [9.17, 15) is 14.9 Å². The van der Waals surface area contributed by atoms with Gasteiger partial charge in [-0.25, -0.2) is 4.79 Å². The highest BCUT2D eigenvalue weighted by Crippen LogP contribution is 2.25. The van der Waals surface area contributed by atoms with Gasteiger partial charge in [0.05, 0.1) is 17.6 Å². The average molecular weight is 248 g/mol. The molecule has 0 N–H and O–H groups in total. The first kappa shape index (κ1) is 13.6. The maximum atomic E-state index is 11.6. The Morgan fingerprint density at radius 3 is 2.83 bits per heavy atom. The molecule has 0 amide bonds. The van der Waals surface area contributed by atoms with E-state index in [1.165, 1.54) is 12.1 Å². The molecule has 0 saturated carbocycles. The fourth-order valence-corrected chi connectivity index (χ4v) is 1.57. The Hall–Kier alpha value is -2.42. The molecule has 0 unspecified atom stereocenters. The van der Waals surface area contributed by atoms with E-state index in [-0.39, 0.29) is 30.7 Å². The van der Waals surface area contributed by atoms with Crippen molar-refractivity contribution >= 4 is 11.7 Å². The number of aryl methyl sites for hydroxylation is 1. The monoisotopic (exact) mass is 248 g/mol. The van der Waals surface area contributed by atoms with E-state index < -0.39 is 10.9 Å². The van der Waals surface area contributed by atoms with Crippen LogP contribution in [0.4, 0.5) is 5.69 Å². The molecule has 0 atom stereocenters. The second-order valence-electron chi connectivity index (χ2n) is 3.45. The Morgan fingerprint density at radius 1 is 1.56 bits per heavy atom. The topological polar surface area (TPSA) is 93.2 Å². The van der Waals surface area contributed by atoms with Crippen LogP contribution in [0.3, 0.4) is 0 Å². The highest BCUT2D eigenvalue weighted by Gasteiger charge is 2.24. The highest BCUT2D eigenvalue weighted by molar-refractivity contribution is 5.94. The highest BCUT2D eigenvalue weighted by atomic mass is 16.6. The van der Waals surface area contributed by atoms with Gasteiger partial charge in [-0.2, -0.15) is 5.26 Å². The molecule has 6 nitrogen and oxygen atoms in total. The van der Waals surface area contributed by atoms with E-state index in [2.05, 4.69) is 0 Å². The smallest absolute Gasteiger partial charge is 0.345 e. The molecule has 0 saturated heterocycles. The van der Waals surface area contributed by atoms with Gasteiger partial charge in [0.2, 0.25) is 0 Å². The maximum Gasteiger partial charge on any atom is 0.345 e. The number of nitriles is 1. The Kier molecular flexibility index (Phi) is 4.81. The predicted octanol–water partition coefficient (Wildman–Crippen LogP) is 2.23. The molecule has 0 aliphatic heterocycles. The van der Waals surface area contributed by atoms with Gasteiger partial charge >= 0.3 is 5.97 Å². The number of nitro groups is 1. The van der Waals surface area contributed by atoms with Crippen molar-refractivity contribution in [2.24, 2.45) is 0 Å². The lowest BCUT2D eigenvalue weighted by Gasteiger charge is -2.06. The van der Waals surface area contributed by atoms with E-state index in [4.69, 9.17) is 10.00 Å². The van der Waals surface area contributed by atoms with Gasteiger partial charge in [0.15, 0.2) is 0 Å². The summed E-state index contributed by atoms with van der Waals surface area (Å²) in [6.45, 7) is 1.78. The molecule has 94 valence electrons. The van der Waals surface area contributed by atoms with Gasteiger partial charge in [0.25, 0.3) is 5.69 Å². The Labute approximate surface area is 104 Å². The second-order valence-corrected chi connectivity index (χ2v) is 3.45. The van der Waals surface area contributed by atoms with Crippen LogP contribution in [0, 0.1) is 21.4 Å². The Bertz CT molecular complexity index is 505. The number of benzene rings is 1. The summed E-state index contributed by atoms with van der Waals surface area (Å²) in [6.07, 6.45) is 0.396. The summed E-state index contributed by atoms with van der Waals surface area (Å²) in [7, 11) is 0. The van der Waals surface area contributed by atoms with Gasteiger partial charge in [-0.05, 0) is 19.4 Å². The lowest BCUT2D eigenvalue weighted by molar-refractivity contribution is -0.385. The van der Waals surface area contributed by atoms with Crippen LogP contribution in [0.1, 0.15) is 29.3 Å². The quantitative estimate of drug-likeness (QED) is 0.452. The number of rotatable bonds is 5. The lowest BCUT2D eigenvalue weighted by Crippen LogP contribution is -2.09. The Balaban J connectivity index is 3.22. The number of para-hydroxylation sites is 1. The van der Waals surface area contributed by atoms with Crippen LogP contribution in [0.2, 0.25) is 0 Å². The molecule has 18 heavy (non-hydrogen) atoms.